The van der Waals surface area contributed by atoms with Crippen LogP contribution in [0.1, 0.15) is 194 Å². The number of nitrogens with zero attached hydrogens (tertiary/aromatic N) is 2. The standard InChI is InChI=1S/C35H69N2/c1-4-7-10-13-16-18-20-23-26-29-32-37-34-33-36(31-28-25-22-15-12-9-6-3)35(37)30-27-24-21-19-17-14-11-8-5-2/h33-34H,4-32H2,1-3H3/q+1. The number of rotatable bonds is 29. The lowest BCUT2D eigenvalue weighted by Gasteiger charge is -2.07. The molecule has 2 nitrogen and oxygen atoms in total. The van der Waals surface area contributed by atoms with Crippen LogP contribution in [0.3, 0.4) is 0 Å². The van der Waals surface area contributed by atoms with Gasteiger partial charge in [-0.25, -0.2) is 9.13 Å². The number of hydrogen-bond acceptors (Lipinski definition) is 0. The van der Waals surface area contributed by atoms with Gasteiger partial charge in [0.15, 0.2) is 0 Å². The highest BCUT2D eigenvalue weighted by Crippen LogP contribution is 2.14. The largest absolute Gasteiger partial charge is 0.256 e. The van der Waals surface area contributed by atoms with Gasteiger partial charge in [0.25, 0.3) is 5.82 Å². The number of imidazole rings is 1. The van der Waals surface area contributed by atoms with Gasteiger partial charge in [-0.3, -0.25) is 0 Å². The normalized spacial score (nSPS) is 11.5. The number of unbranched alkanes of at least 4 members (excludes halogenated alkanes) is 23. The average molecular weight is 518 g/mol. The Kier molecular flexibility index (Phi) is 24.8. The van der Waals surface area contributed by atoms with Crippen molar-refractivity contribution in [1.82, 2.24) is 4.57 Å². The molecule has 1 aromatic rings. The fraction of sp³-hybridized carbons (Fsp3) is 0.914. The van der Waals surface area contributed by atoms with E-state index >= 15 is 0 Å². The maximum atomic E-state index is 2.62. The first kappa shape index (κ1) is 34.2. The molecule has 0 aromatic carbocycles. The van der Waals surface area contributed by atoms with Gasteiger partial charge in [-0.05, 0) is 32.1 Å². The Balaban J connectivity index is 2.34. The molecule has 37 heavy (non-hydrogen) atoms. The van der Waals surface area contributed by atoms with Crippen LogP contribution in [-0.2, 0) is 19.5 Å². The third-order valence-electron chi connectivity index (χ3n) is 8.35. The van der Waals surface area contributed by atoms with Crippen LogP contribution in [-0.4, -0.2) is 4.57 Å². The van der Waals surface area contributed by atoms with Gasteiger partial charge >= 0.3 is 0 Å². The minimum atomic E-state index is 1.23. The molecular weight excluding hydrogens is 448 g/mol. The van der Waals surface area contributed by atoms with E-state index in [2.05, 4.69) is 42.3 Å². The van der Waals surface area contributed by atoms with Gasteiger partial charge in [-0.2, -0.15) is 0 Å². The Morgan fingerprint density at radius 1 is 0.459 bits per heavy atom. The predicted octanol–water partition coefficient (Wildman–Crippen LogP) is 11.5. The van der Waals surface area contributed by atoms with Crippen molar-refractivity contribution in [1.29, 1.82) is 0 Å². The molecule has 0 fully saturated rings. The molecule has 0 atom stereocenters. The van der Waals surface area contributed by atoms with Crippen LogP contribution in [0.15, 0.2) is 12.4 Å². The first-order valence-corrected chi connectivity index (χ1v) is 17.4. The molecule has 0 saturated heterocycles. The van der Waals surface area contributed by atoms with E-state index in [-0.39, 0.29) is 0 Å². The zero-order chi connectivity index (χ0) is 26.7. The van der Waals surface area contributed by atoms with Crippen molar-refractivity contribution in [3.63, 3.8) is 0 Å². The molecule has 0 N–H and O–H groups in total. The van der Waals surface area contributed by atoms with Gasteiger partial charge < -0.3 is 0 Å². The summed E-state index contributed by atoms with van der Waals surface area (Å²) in [4.78, 5) is 0. The zero-order valence-corrected chi connectivity index (χ0v) is 26.1. The Bertz CT molecular complexity index is 576. The molecule has 2 heteroatoms. The second-order valence-electron chi connectivity index (χ2n) is 12.0. The van der Waals surface area contributed by atoms with Crippen LogP contribution < -0.4 is 4.57 Å². The summed E-state index contributed by atoms with van der Waals surface area (Å²) in [6, 6.07) is 0. The number of aromatic nitrogens is 2. The molecule has 0 saturated carbocycles. The molecule has 0 amide bonds. The van der Waals surface area contributed by atoms with Gasteiger partial charge in [0.2, 0.25) is 0 Å². The maximum absolute atomic E-state index is 2.62. The first-order valence-electron chi connectivity index (χ1n) is 17.4. The lowest BCUT2D eigenvalue weighted by Crippen LogP contribution is -2.37. The van der Waals surface area contributed by atoms with E-state index in [4.69, 9.17) is 0 Å². The van der Waals surface area contributed by atoms with Crippen molar-refractivity contribution < 1.29 is 4.57 Å². The van der Waals surface area contributed by atoms with Gasteiger partial charge in [0, 0.05) is 6.42 Å². The van der Waals surface area contributed by atoms with Crippen LogP contribution in [0, 0.1) is 0 Å². The Labute approximate surface area is 234 Å². The molecule has 0 aliphatic carbocycles. The van der Waals surface area contributed by atoms with E-state index in [0.717, 1.165) is 0 Å². The van der Waals surface area contributed by atoms with Gasteiger partial charge in [-0.15, -0.1) is 0 Å². The minimum Gasteiger partial charge on any atom is -0.234 e. The summed E-state index contributed by atoms with van der Waals surface area (Å²) in [5, 5.41) is 0. The van der Waals surface area contributed by atoms with E-state index in [0.29, 0.717) is 0 Å². The fourth-order valence-electron chi connectivity index (χ4n) is 5.80. The summed E-state index contributed by atoms with van der Waals surface area (Å²) >= 11 is 0. The highest BCUT2D eigenvalue weighted by atomic mass is 15.1. The molecular formula is C35H69N2+. The molecule has 1 heterocycles. The summed E-state index contributed by atoms with van der Waals surface area (Å²) < 4.78 is 5.24. The van der Waals surface area contributed by atoms with E-state index in [1.807, 2.05) is 0 Å². The zero-order valence-electron chi connectivity index (χ0n) is 26.1. The Morgan fingerprint density at radius 2 is 0.838 bits per heavy atom. The van der Waals surface area contributed by atoms with Crippen molar-refractivity contribution in [2.75, 3.05) is 0 Å². The van der Waals surface area contributed by atoms with Crippen LogP contribution in [0.5, 0.6) is 0 Å². The SMILES string of the molecule is CCCCCCCCCCCCn1cc[n+](CCCCCCCCC)c1CCCCCCCCCCC. The number of aryl methyl sites for hydroxylation is 2. The molecule has 0 aliphatic heterocycles. The Hall–Kier alpha value is -0.790. The fourth-order valence-corrected chi connectivity index (χ4v) is 5.80. The third-order valence-corrected chi connectivity index (χ3v) is 8.35. The van der Waals surface area contributed by atoms with Gasteiger partial charge in [0.1, 0.15) is 12.4 Å². The lowest BCUT2D eigenvalue weighted by atomic mass is 10.1. The second-order valence-corrected chi connectivity index (χ2v) is 12.0. The highest BCUT2D eigenvalue weighted by Gasteiger charge is 2.16. The van der Waals surface area contributed by atoms with Crippen LogP contribution in [0.25, 0.3) is 0 Å². The molecule has 218 valence electrons. The quantitative estimate of drug-likeness (QED) is 0.0737. The molecule has 0 spiro atoms. The van der Waals surface area contributed by atoms with E-state index < -0.39 is 0 Å². The average Bonchev–Trinajstić information content (AvgIpc) is 3.29. The van der Waals surface area contributed by atoms with E-state index in [1.165, 1.54) is 186 Å². The van der Waals surface area contributed by atoms with Crippen LogP contribution >= 0.6 is 0 Å². The van der Waals surface area contributed by atoms with Gasteiger partial charge in [0.05, 0.1) is 13.1 Å². The summed E-state index contributed by atoms with van der Waals surface area (Å²) in [6.45, 7) is 9.39. The van der Waals surface area contributed by atoms with E-state index in [1.54, 1.807) is 5.82 Å². The van der Waals surface area contributed by atoms with E-state index in [9.17, 15) is 0 Å². The van der Waals surface area contributed by atoms with Crippen molar-refractivity contribution in [3.05, 3.63) is 18.2 Å². The Morgan fingerprint density at radius 3 is 1.30 bits per heavy atom. The first-order chi connectivity index (χ1) is 18.3. The van der Waals surface area contributed by atoms with Crippen LogP contribution in [0.2, 0.25) is 0 Å². The molecule has 0 bridgehead atoms. The highest BCUT2D eigenvalue weighted by molar-refractivity contribution is 4.84. The third kappa shape index (κ3) is 19.9. The van der Waals surface area contributed by atoms with Gasteiger partial charge in [-0.1, -0.05) is 156 Å². The predicted molar refractivity (Wildman–Crippen MR) is 165 cm³/mol. The van der Waals surface area contributed by atoms with Crippen molar-refractivity contribution in [2.45, 2.75) is 207 Å². The molecule has 0 aliphatic rings. The van der Waals surface area contributed by atoms with Crippen molar-refractivity contribution in [2.24, 2.45) is 0 Å². The molecule has 0 radical (unpaired) electrons. The molecule has 1 aromatic heterocycles. The topological polar surface area (TPSA) is 8.81 Å². The maximum Gasteiger partial charge on any atom is 0.256 e. The summed E-state index contributed by atoms with van der Waals surface area (Å²) in [5.41, 5.74) is 0. The molecule has 0 unspecified atom stereocenters. The molecule has 1 rings (SSSR count). The number of hydrogen-bond donors (Lipinski definition) is 0. The van der Waals surface area contributed by atoms with Crippen LogP contribution in [0.4, 0.5) is 0 Å². The van der Waals surface area contributed by atoms with Crippen molar-refractivity contribution in [3.8, 4) is 0 Å². The second kappa shape index (κ2) is 26.8. The van der Waals surface area contributed by atoms with Crippen molar-refractivity contribution >= 4 is 0 Å². The smallest absolute Gasteiger partial charge is 0.234 e. The monoisotopic (exact) mass is 518 g/mol. The summed E-state index contributed by atoms with van der Waals surface area (Å²) in [7, 11) is 0. The lowest BCUT2D eigenvalue weighted by molar-refractivity contribution is -0.704. The summed E-state index contributed by atoms with van der Waals surface area (Å²) in [6.07, 6.45) is 42.9. The minimum absolute atomic E-state index is 1.23. The summed E-state index contributed by atoms with van der Waals surface area (Å²) in [5.74, 6) is 1.62.